The third-order valence-electron chi connectivity index (χ3n) is 11.1. The standard InChI is InChI=1S/C29H31F2N5OS.C9H20.2C4H10/c1-6-14(3)22(24-17(10-32)28(33)38-27(24)21(30)7-2)23-20-13-37-12-19(20)18-11-34-29(35-26(18)25(23)31)36-9-8-15(4)16(36)5;1-4-6-7-8-9(3)5-2;2*1-3-4-2/h7,11,15-16H,6,8-9,12-13,33H2,1-5H3;9H,4-8H2,1-3H3;2*3-4H2,1-2H3/b21-7+,22-14+;;;. The number of nitrogen functional groups attached to an aromatic ring is 1. The summed E-state index contributed by atoms with van der Waals surface area (Å²) in [5, 5.41) is 10.8. The summed E-state index contributed by atoms with van der Waals surface area (Å²) in [5.74, 6) is 0.912. The van der Waals surface area contributed by atoms with E-state index in [1.54, 1.807) is 13.1 Å². The number of rotatable bonds is 12. The molecule has 3 aromatic rings. The molecule has 9 heteroatoms. The summed E-state index contributed by atoms with van der Waals surface area (Å²) in [4.78, 5) is 11.7. The average molecular weight is 780 g/mol. The normalized spacial score (nSPS) is 17.3. The van der Waals surface area contributed by atoms with Crippen LogP contribution in [0.5, 0.6) is 0 Å². The number of thiophene rings is 1. The number of anilines is 2. The molecule has 0 aliphatic carbocycles. The van der Waals surface area contributed by atoms with Gasteiger partial charge < -0.3 is 15.4 Å². The van der Waals surface area contributed by atoms with Crippen LogP contribution in [0.25, 0.3) is 22.3 Å². The van der Waals surface area contributed by atoms with Crippen molar-refractivity contribution in [3.63, 3.8) is 0 Å². The lowest BCUT2D eigenvalue weighted by Crippen LogP contribution is -2.30. The second kappa shape index (κ2) is 24.3. The maximum absolute atomic E-state index is 16.8. The number of benzene rings is 1. The van der Waals surface area contributed by atoms with Gasteiger partial charge in [-0.25, -0.2) is 18.7 Å². The smallest absolute Gasteiger partial charge is 0.226 e. The highest BCUT2D eigenvalue weighted by Gasteiger charge is 2.34. The molecule has 306 valence electrons. The zero-order chi connectivity index (χ0) is 41.2. The molecule has 2 N–H and O–H groups in total. The van der Waals surface area contributed by atoms with Gasteiger partial charge in [0.05, 0.1) is 23.7 Å². The molecule has 4 heterocycles. The van der Waals surface area contributed by atoms with Crippen molar-refractivity contribution in [2.24, 2.45) is 11.8 Å². The lowest BCUT2D eigenvalue weighted by Gasteiger charge is -2.24. The lowest BCUT2D eigenvalue weighted by atomic mass is 9.85. The molecule has 55 heavy (non-hydrogen) atoms. The van der Waals surface area contributed by atoms with Crippen LogP contribution in [0.4, 0.5) is 19.7 Å². The second-order valence-electron chi connectivity index (χ2n) is 15.1. The Kier molecular flexibility index (Phi) is 21.1. The van der Waals surface area contributed by atoms with Crippen LogP contribution in [0.3, 0.4) is 0 Å². The molecule has 0 spiro atoms. The van der Waals surface area contributed by atoms with Crippen molar-refractivity contribution in [1.29, 1.82) is 5.26 Å². The number of ether oxygens (including phenoxy) is 1. The number of unbranched alkanes of at least 4 members (excludes halogenated alkanes) is 4. The first-order valence-electron chi connectivity index (χ1n) is 21.1. The van der Waals surface area contributed by atoms with Gasteiger partial charge in [-0.05, 0) is 62.1 Å². The SMILES string of the molecule is C/C=C(/F)c1sc(N)c(C#N)c1/C(=C(\C)CC)c1c2c(c3cnc(N4CCC(C)C4C)nc3c1F)COC2.CCCC.CCCC.CCCCCC(C)CC. The van der Waals surface area contributed by atoms with Gasteiger partial charge in [-0.1, -0.05) is 132 Å². The second-order valence-corrected chi connectivity index (χ2v) is 16.1. The van der Waals surface area contributed by atoms with Crippen molar-refractivity contribution in [2.75, 3.05) is 17.2 Å². The van der Waals surface area contributed by atoms with E-state index in [1.807, 2.05) is 13.8 Å². The summed E-state index contributed by atoms with van der Waals surface area (Å²) in [6.45, 7) is 26.6. The van der Waals surface area contributed by atoms with Gasteiger partial charge in [0.1, 0.15) is 22.4 Å². The van der Waals surface area contributed by atoms with Crippen molar-refractivity contribution in [3.05, 3.63) is 56.4 Å². The first-order valence-corrected chi connectivity index (χ1v) is 21.9. The van der Waals surface area contributed by atoms with Crippen LogP contribution in [0.1, 0.15) is 186 Å². The third-order valence-corrected chi connectivity index (χ3v) is 12.1. The van der Waals surface area contributed by atoms with Crippen molar-refractivity contribution in [2.45, 2.75) is 173 Å². The minimum absolute atomic E-state index is 0.153. The van der Waals surface area contributed by atoms with E-state index < -0.39 is 11.6 Å². The van der Waals surface area contributed by atoms with E-state index in [2.05, 4.69) is 78.3 Å². The molecular formula is C46H71F2N5OS. The molecule has 1 aromatic carbocycles. The summed E-state index contributed by atoms with van der Waals surface area (Å²) < 4.78 is 37.8. The molecule has 0 bridgehead atoms. The van der Waals surface area contributed by atoms with Gasteiger partial charge in [0.2, 0.25) is 5.95 Å². The Morgan fingerprint density at radius 2 is 1.67 bits per heavy atom. The lowest BCUT2D eigenvalue weighted by molar-refractivity contribution is 0.134. The van der Waals surface area contributed by atoms with Crippen LogP contribution in [0, 0.1) is 29.0 Å². The van der Waals surface area contributed by atoms with E-state index in [4.69, 9.17) is 15.5 Å². The van der Waals surface area contributed by atoms with Gasteiger partial charge in [0, 0.05) is 35.3 Å². The number of fused-ring (bicyclic) bond motifs is 3. The van der Waals surface area contributed by atoms with E-state index in [-0.39, 0.29) is 33.6 Å². The van der Waals surface area contributed by atoms with Gasteiger partial charge in [-0.2, -0.15) is 5.26 Å². The highest BCUT2D eigenvalue weighted by Crippen LogP contribution is 2.47. The van der Waals surface area contributed by atoms with Crippen LogP contribution < -0.4 is 10.6 Å². The van der Waals surface area contributed by atoms with Gasteiger partial charge in [0.25, 0.3) is 0 Å². The molecule has 5 rings (SSSR count). The van der Waals surface area contributed by atoms with Crippen LogP contribution >= 0.6 is 11.3 Å². The molecule has 1 fully saturated rings. The number of halogens is 2. The molecule has 0 saturated carbocycles. The zero-order valence-electron chi connectivity index (χ0n) is 36.2. The molecule has 0 amide bonds. The van der Waals surface area contributed by atoms with Gasteiger partial charge in [-0.3, -0.25) is 0 Å². The molecule has 2 aromatic heterocycles. The number of nitrogens with zero attached hydrogens (tertiary/aromatic N) is 4. The number of nitrogens with two attached hydrogens (primary N) is 1. The fourth-order valence-electron chi connectivity index (χ4n) is 6.45. The Labute approximate surface area is 336 Å². The first kappa shape index (κ1) is 47.8. The van der Waals surface area contributed by atoms with Crippen molar-refractivity contribution in [1.82, 2.24) is 9.97 Å². The summed E-state index contributed by atoms with van der Waals surface area (Å²) in [6.07, 6.45) is 16.9. The minimum Gasteiger partial charge on any atom is -0.389 e. The van der Waals surface area contributed by atoms with Crippen molar-refractivity contribution < 1.29 is 13.5 Å². The summed E-state index contributed by atoms with van der Waals surface area (Å²) in [5.41, 5.74) is 9.97. The Morgan fingerprint density at radius 1 is 1.04 bits per heavy atom. The quantitative estimate of drug-likeness (QED) is 0.184. The topological polar surface area (TPSA) is 88.1 Å². The van der Waals surface area contributed by atoms with E-state index in [9.17, 15) is 5.26 Å². The monoisotopic (exact) mass is 780 g/mol. The maximum Gasteiger partial charge on any atom is 0.226 e. The Bertz CT molecular complexity index is 1750. The molecule has 2 aliphatic heterocycles. The highest BCUT2D eigenvalue weighted by atomic mass is 32.1. The molecule has 6 nitrogen and oxygen atoms in total. The fourth-order valence-corrected chi connectivity index (χ4v) is 7.44. The van der Waals surface area contributed by atoms with Gasteiger partial charge >= 0.3 is 0 Å². The first-order chi connectivity index (χ1) is 26.4. The van der Waals surface area contributed by atoms with E-state index in [1.165, 1.54) is 63.9 Å². The molecule has 0 radical (unpaired) electrons. The highest BCUT2D eigenvalue weighted by molar-refractivity contribution is 7.17. The molecule has 3 atom stereocenters. The van der Waals surface area contributed by atoms with Crippen LogP contribution in [-0.2, 0) is 18.0 Å². The van der Waals surface area contributed by atoms with E-state index in [0.29, 0.717) is 52.5 Å². The minimum atomic E-state index is -0.518. The van der Waals surface area contributed by atoms with Crippen molar-refractivity contribution >= 4 is 44.6 Å². The zero-order valence-corrected chi connectivity index (χ0v) is 37.0. The fraction of sp³-hybridized carbons (Fsp3) is 0.630. The molecular weight excluding hydrogens is 709 g/mol. The predicted molar refractivity (Wildman–Crippen MR) is 234 cm³/mol. The Balaban J connectivity index is 0.000000516. The molecule has 2 aliphatic rings. The largest absolute Gasteiger partial charge is 0.389 e. The summed E-state index contributed by atoms with van der Waals surface area (Å²) >= 11 is 1.00. The summed E-state index contributed by atoms with van der Waals surface area (Å²) in [6, 6.07) is 2.38. The number of aromatic nitrogens is 2. The number of nitriles is 1. The molecule has 3 unspecified atom stereocenters. The number of hydrogen-bond donors (Lipinski definition) is 1. The van der Waals surface area contributed by atoms with E-state index in [0.717, 1.165) is 41.4 Å². The van der Waals surface area contributed by atoms with E-state index >= 15 is 8.78 Å². The van der Waals surface area contributed by atoms with Crippen molar-refractivity contribution in [3.8, 4) is 6.07 Å². The number of allylic oxidation sites excluding steroid dienone is 2. The van der Waals surface area contributed by atoms with Crippen LogP contribution in [0.15, 0.2) is 17.8 Å². The van der Waals surface area contributed by atoms with Gasteiger partial charge in [0.15, 0.2) is 5.82 Å². The Morgan fingerprint density at radius 3 is 2.18 bits per heavy atom. The average Bonchev–Trinajstić information content (AvgIpc) is 3.92. The maximum atomic E-state index is 16.8. The van der Waals surface area contributed by atoms with Crippen LogP contribution in [0.2, 0.25) is 0 Å². The Hall–Kier alpha value is -3.35. The summed E-state index contributed by atoms with van der Waals surface area (Å²) in [7, 11) is 0. The number of hydrogen-bond acceptors (Lipinski definition) is 7. The van der Waals surface area contributed by atoms with Crippen LogP contribution in [-0.4, -0.2) is 22.6 Å². The van der Waals surface area contributed by atoms with Gasteiger partial charge in [-0.15, -0.1) is 11.3 Å². The third kappa shape index (κ3) is 12.1. The molecule has 1 saturated heterocycles. The predicted octanol–water partition coefficient (Wildman–Crippen LogP) is 14.3.